The van der Waals surface area contributed by atoms with Crippen LogP contribution in [0.5, 0.6) is 0 Å². The van der Waals surface area contributed by atoms with Crippen molar-refractivity contribution < 1.29 is 14.0 Å². The molecule has 4 rings (SSSR count). The molecule has 0 atom stereocenters. The number of carbonyl (C=O) groups excluding carboxylic acids is 2. The van der Waals surface area contributed by atoms with E-state index in [9.17, 15) is 14.0 Å². The molecule has 2 heterocycles. The van der Waals surface area contributed by atoms with E-state index in [2.05, 4.69) is 15.5 Å². The molecule has 0 saturated heterocycles. The number of H-pyrrole nitrogens is 1. The summed E-state index contributed by atoms with van der Waals surface area (Å²) in [7, 11) is 0. The maximum absolute atomic E-state index is 13.0. The largest absolute Gasteiger partial charge is 0.348 e. The Balaban J connectivity index is 1.54. The molecule has 6 nitrogen and oxygen atoms in total. The molecule has 0 unspecified atom stereocenters. The second-order valence-corrected chi connectivity index (χ2v) is 6.26. The number of hydrogen-bond acceptors (Lipinski definition) is 3. The molecule has 124 valence electrons. The lowest BCUT2D eigenvalue weighted by Gasteiger charge is -2.27. The Bertz CT molecular complexity index is 795. The molecule has 2 amide bonds. The number of carbonyl (C=O) groups is 2. The molecule has 2 N–H and O–H groups in total. The Morgan fingerprint density at radius 3 is 2.71 bits per heavy atom. The zero-order valence-corrected chi connectivity index (χ0v) is 13.0. The highest BCUT2D eigenvalue weighted by Crippen LogP contribution is 2.24. The van der Waals surface area contributed by atoms with Gasteiger partial charge in [0.2, 0.25) is 0 Å². The number of aromatic nitrogens is 2. The van der Waals surface area contributed by atoms with Crippen molar-refractivity contribution in [3.05, 3.63) is 52.6 Å². The fourth-order valence-corrected chi connectivity index (χ4v) is 2.91. The van der Waals surface area contributed by atoms with E-state index < -0.39 is 0 Å². The quantitative estimate of drug-likeness (QED) is 0.899. The first-order chi connectivity index (χ1) is 11.6. The van der Waals surface area contributed by atoms with Crippen LogP contribution < -0.4 is 5.32 Å². The second-order valence-electron chi connectivity index (χ2n) is 6.26. The number of aromatic amines is 1. The van der Waals surface area contributed by atoms with E-state index in [-0.39, 0.29) is 23.7 Å². The second kappa shape index (κ2) is 5.74. The van der Waals surface area contributed by atoms with Gasteiger partial charge in [0.1, 0.15) is 5.82 Å². The molecule has 2 aromatic rings. The fourth-order valence-electron chi connectivity index (χ4n) is 2.91. The van der Waals surface area contributed by atoms with Crippen molar-refractivity contribution in [2.75, 3.05) is 6.54 Å². The average molecular weight is 328 g/mol. The molecule has 2 aliphatic rings. The van der Waals surface area contributed by atoms with E-state index >= 15 is 0 Å². The maximum atomic E-state index is 13.0. The summed E-state index contributed by atoms with van der Waals surface area (Å²) >= 11 is 0. The van der Waals surface area contributed by atoms with Crippen LogP contribution in [0.25, 0.3) is 0 Å². The SMILES string of the molecule is O=C(NC1CC1)c1n[nH]c2c1CN(C(=O)c1ccc(F)cc1)CC2. The summed E-state index contributed by atoms with van der Waals surface area (Å²) in [5.41, 5.74) is 2.48. The zero-order valence-electron chi connectivity index (χ0n) is 13.0. The standard InChI is InChI=1S/C17H17FN4O2/c18-11-3-1-10(2-4-11)17(24)22-8-7-14-13(9-22)15(21-20-14)16(23)19-12-5-6-12/h1-4,12H,5-9H2,(H,19,23)(H,20,21). The minimum Gasteiger partial charge on any atom is -0.348 e. The molecule has 1 aromatic heterocycles. The van der Waals surface area contributed by atoms with Crippen LogP contribution in [0.1, 0.15) is 44.9 Å². The van der Waals surface area contributed by atoms with Gasteiger partial charge in [0.05, 0.1) is 6.54 Å². The fraction of sp³-hybridized carbons (Fsp3) is 0.353. The molecule has 0 bridgehead atoms. The average Bonchev–Trinajstić information content (AvgIpc) is 3.30. The third kappa shape index (κ3) is 2.77. The van der Waals surface area contributed by atoms with Gasteiger partial charge in [-0.1, -0.05) is 0 Å². The van der Waals surface area contributed by atoms with E-state index in [4.69, 9.17) is 0 Å². The Hall–Kier alpha value is -2.70. The highest BCUT2D eigenvalue weighted by atomic mass is 19.1. The van der Waals surface area contributed by atoms with Gasteiger partial charge in [0.25, 0.3) is 11.8 Å². The van der Waals surface area contributed by atoms with Gasteiger partial charge in [-0.25, -0.2) is 4.39 Å². The number of rotatable bonds is 3. The van der Waals surface area contributed by atoms with Crippen molar-refractivity contribution in [1.82, 2.24) is 20.4 Å². The van der Waals surface area contributed by atoms with Crippen LogP contribution in [-0.4, -0.2) is 39.5 Å². The van der Waals surface area contributed by atoms with Gasteiger partial charge in [-0.2, -0.15) is 5.10 Å². The first-order valence-corrected chi connectivity index (χ1v) is 8.03. The van der Waals surface area contributed by atoms with Crippen molar-refractivity contribution in [2.24, 2.45) is 0 Å². The monoisotopic (exact) mass is 328 g/mol. The van der Waals surface area contributed by atoms with Gasteiger partial charge in [-0.3, -0.25) is 14.7 Å². The number of benzene rings is 1. The van der Waals surface area contributed by atoms with Crippen molar-refractivity contribution >= 4 is 11.8 Å². The van der Waals surface area contributed by atoms with Gasteiger partial charge in [-0.05, 0) is 37.1 Å². The minimum atomic E-state index is -0.374. The van der Waals surface area contributed by atoms with Crippen LogP contribution in [-0.2, 0) is 13.0 Å². The number of halogens is 1. The predicted octanol–water partition coefficient (Wildman–Crippen LogP) is 1.64. The van der Waals surface area contributed by atoms with Gasteiger partial charge < -0.3 is 10.2 Å². The van der Waals surface area contributed by atoms with Crippen molar-refractivity contribution in [3.8, 4) is 0 Å². The number of nitrogens with one attached hydrogen (secondary N) is 2. The van der Waals surface area contributed by atoms with E-state index in [0.717, 1.165) is 24.1 Å². The molecule has 1 fully saturated rings. The van der Waals surface area contributed by atoms with Gasteiger partial charge in [0.15, 0.2) is 5.69 Å². The lowest BCUT2D eigenvalue weighted by Crippen LogP contribution is -2.37. The van der Waals surface area contributed by atoms with E-state index in [1.807, 2.05) is 0 Å². The summed E-state index contributed by atoms with van der Waals surface area (Å²) in [4.78, 5) is 26.5. The summed E-state index contributed by atoms with van der Waals surface area (Å²) in [6.07, 6.45) is 2.63. The molecule has 7 heteroatoms. The van der Waals surface area contributed by atoms with Crippen LogP contribution >= 0.6 is 0 Å². The molecule has 1 aliphatic carbocycles. The molecule has 1 aromatic carbocycles. The van der Waals surface area contributed by atoms with Crippen molar-refractivity contribution in [2.45, 2.75) is 31.8 Å². The minimum absolute atomic E-state index is 0.171. The molecular formula is C17H17FN4O2. The van der Waals surface area contributed by atoms with Crippen molar-refractivity contribution in [1.29, 1.82) is 0 Å². The zero-order chi connectivity index (χ0) is 16.7. The molecule has 1 aliphatic heterocycles. The molecular weight excluding hydrogens is 311 g/mol. The number of amides is 2. The van der Waals surface area contributed by atoms with Crippen LogP contribution in [0.4, 0.5) is 4.39 Å². The van der Waals surface area contributed by atoms with Gasteiger partial charge in [0, 0.05) is 35.8 Å². The molecule has 0 radical (unpaired) electrons. The normalized spacial score (nSPS) is 16.6. The predicted molar refractivity (Wildman–Crippen MR) is 83.9 cm³/mol. The lowest BCUT2D eigenvalue weighted by atomic mass is 10.0. The molecule has 0 spiro atoms. The lowest BCUT2D eigenvalue weighted by molar-refractivity contribution is 0.0731. The molecule has 24 heavy (non-hydrogen) atoms. The highest BCUT2D eigenvalue weighted by Gasteiger charge is 2.30. The summed E-state index contributed by atoms with van der Waals surface area (Å²) in [6, 6.07) is 5.75. The first-order valence-electron chi connectivity index (χ1n) is 8.03. The first kappa shape index (κ1) is 14.9. The summed E-state index contributed by atoms with van der Waals surface area (Å²) in [6.45, 7) is 0.866. The topological polar surface area (TPSA) is 78.1 Å². The van der Waals surface area contributed by atoms with E-state index in [1.54, 1.807) is 4.90 Å². The highest BCUT2D eigenvalue weighted by molar-refractivity contribution is 5.96. The number of nitrogens with zero attached hydrogens (tertiary/aromatic N) is 2. The smallest absolute Gasteiger partial charge is 0.272 e. The van der Waals surface area contributed by atoms with E-state index in [1.165, 1.54) is 24.3 Å². The Labute approximate surface area is 138 Å². The third-order valence-corrected chi connectivity index (χ3v) is 4.44. The summed E-state index contributed by atoms with van der Waals surface area (Å²) in [5, 5.41) is 9.96. The maximum Gasteiger partial charge on any atom is 0.272 e. The van der Waals surface area contributed by atoms with Crippen LogP contribution in [0.2, 0.25) is 0 Å². The Morgan fingerprint density at radius 2 is 2.00 bits per heavy atom. The Morgan fingerprint density at radius 1 is 1.25 bits per heavy atom. The molecule has 1 saturated carbocycles. The van der Waals surface area contributed by atoms with Crippen LogP contribution in [0.15, 0.2) is 24.3 Å². The number of hydrogen-bond donors (Lipinski definition) is 2. The van der Waals surface area contributed by atoms with Crippen LogP contribution in [0.3, 0.4) is 0 Å². The van der Waals surface area contributed by atoms with Crippen LogP contribution in [0, 0.1) is 5.82 Å². The van der Waals surface area contributed by atoms with E-state index in [0.29, 0.717) is 30.8 Å². The summed E-state index contributed by atoms with van der Waals surface area (Å²) < 4.78 is 13.0. The summed E-state index contributed by atoms with van der Waals surface area (Å²) in [5.74, 6) is -0.733. The van der Waals surface area contributed by atoms with Gasteiger partial charge >= 0.3 is 0 Å². The number of fused-ring (bicyclic) bond motifs is 1. The van der Waals surface area contributed by atoms with Crippen molar-refractivity contribution in [3.63, 3.8) is 0 Å². The third-order valence-electron chi connectivity index (χ3n) is 4.44. The van der Waals surface area contributed by atoms with Gasteiger partial charge in [-0.15, -0.1) is 0 Å². The Kier molecular flexibility index (Phi) is 3.55.